The van der Waals surface area contributed by atoms with Gasteiger partial charge in [0.05, 0.1) is 7.11 Å². The molecule has 2 amide bonds. The van der Waals surface area contributed by atoms with E-state index >= 15 is 0 Å². The molecule has 0 spiro atoms. The van der Waals surface area contributed by atoms with Crippen molar-refractivity contribution >= 4 is 11.8 Å². The van der Waals surface area contributed by atoms with Crippen molar-refractivity contribution in [3.8, 4) is 5.75 Å². The lowest BCUT2D eigenvalue weighted by Crippen LogP contribution is -2.39. The number of rotatable bonds is 8. The van der Waals surface area contributed by atoms with Crippen LogP contribution < -0.4 is 10.1 Å². The maximum absolute atomic E-state index is 12.1. The zero-order chi connectivity index (χ0) is 18.1. The fraction of sp³-hybridized carbons (Fsp3) is 0.600. The topological polar surface area (TPSA) is 58.6 Å². The minimum Gasteiger partial charge on any atom is -0.497 e. The van der Waals surface area contributed by atoms with Crippen LogP contribution >= 0.6 is 0 Å². The molecule has 2 rings (SSSR count). The summed E-state index contributed by atoms with van der Waals surface area (Å²) in [5.74, 6) is 0.896. The van der Waals surface area contributed by atoms with Crippen molar-refractivity contribution in [3.05, 3.63) is 29.8 Å². The van der Waals surface area contributed by atoms with Crippen molar-refractivity contribution in [3.63, 3.8) is 0 Å². The molecule has 0 saturated heterocycles. The van der Waals surface area contributed by atoms with E-state index in [-0.39, 0.29) is 11.8 Å². The van der Waals surface area contributed by atoms with Gasteiger partial charge in [0.2, 0.25) is 11.8 Å². The molecule has 1 N–H and O–H groups in total. The molecule has 0 atom stereocenters. The van der Waals surface area contributed by atoms with Gasteiger partial charge in [-0.25, -0.2) is 0 Å². The molecule has 0 heterocycles. The first-order valence-electron chi connectivity index (χ1n) is 9.26. The maximum atomic E-state index is 12.1. The first kappa shape index (κ1) is 19.3. The lowest BCUT2D eigenvalue weighted by atomic mass is 9.95. The van der Waals surface area contributed by atoms with Crippen molar-refractivity contribution in [2.45, 2.75) is 57.9 Å². The summed E-state index contributed by atoms with van der Waals surface area (Å²) >= 11 is 0. The Morgan fingerprint density at radius 3 is 2.40 bits per heavy atom. The number of benzene rings is 1. The van der Waals surface area contributed by atoms with E-state index in [4.69, 9.17) is 4.74 Å². The maximum Gasteiger partial charge on any atom is 0.221 e. The van der Waals surface area contributed by atoms with Crippen LogP contribution in [0.4, 0.5) is 0 Å². The largest absolute Gasteiger partial charge is 0.497 e. The summed E-state index contributed by atoms with van der Waals surface area (Å²) < 4.78 is 5.15. The summed E-state index contributed by atoms with van der Waals surface area (Å²) in [6.07, 6.45) is 6.99. The zero-order valence-electron chi connectivity index (χ0n) is 15.4. The molecule has 1 saturated carbocycles. The Morgan fingerprint density at radius 1 is 1.12 bits per heavy atom. The molecule has 1 aromatic rings. The van der Waals surface area contributed by atoms with Crippen LogP contribution in [-0.4, -0.2) is 43.0 Å². The molecule has 1 aliphatic carbocycles. The summed E-state index contributed by atoms with van der Waals surface area (Å²) in [5, 5.41) is 3.11. The summed E-state index contributed by atoms with van der Waals surface area (Å²) in [6.45, 7) is 2.66. The van der Waals surface area contributed by atoms with Gasteiger partial charge in [0, 0.05) is 32.5 Å². The minimum atomic E-state index is 0.0129. The number of hydrogen-bond donors (Lipinski definition) is 1. The first-order valence-corrected chi connectivity index (χ1v) is 9.26. The standard InChI is InChI=1S/C20H30N2O3/c1-16(23)22(14-12-17-8-10-19(25-2)11-9-17)15-13-20(24)21-18-6-4-3-5-7-18/h8-11,18H,3-7,12-15H2,1-2H3,(H,21,24). The third kappa shape index (κ3) is 6.77. The summed E-state index contributed by atoms with van der Waals surface area (Å²) in [6, 6.07) is 8.18. The smallest absolute Gasteiger partial charge is 0.221 e. The number of amides is 2. The molecule has 138 valence electrons. The number of carbonyl (C=O) groups is 2. The highest BCUT2D eigenvalue weighted by Gasteiger charge is 2.17. The number of nitrogens with zero attached hydrogens (tertiary/aromatic N) is 1. The number of ether oxygens (including phenoxy) is 1. The van der Waals surface area contributed by atoms with Gasteiger partial charge in [0.15, 0.2) is 0 Å². The number of carbonyl (C=O) groups excluding carboxylic acids is 2. The van der Waals surface area contributed by atoms with Gasteiger partial charge in [-0.1, -0.05) is 31.4 Å². The third-order valence-electron chi connectivity index (χ3n) is 4.85. The molecule has 5 nitrogen and oxygen atoms in total. The molecule has 0 radical (unpaired) electrons. The summed E-state index contributed by atoms with van der Waals surface area (Å²) in [5.41, 5.74) is 1.15. The third-order valence-corrected chi connectivity index (χ3v) is 4.85. The Labute approximate surface area is 150 Å². The molecule has 25 heavy (non-hydrogen) atoms. The fourth-order valence-electron chi connectivity index (χ4n) is 3.27. The molecule has 0 bridgehead atoms. The van der Waals surface area contributed by atoms with Crippen LogP contribution in [0.5, 0.6) is 5.75 Å². The summed E-state index contributed by atoms with van der Waals surface area (Å²) in [7, 11) is 1.64. The number of nitrogens with one attached hydrogen (secondary N) is 1. The molecular weight excluding hydrogens is 316 g/mol. The van der Waals surface area contributed by atoms with Crippen molar-refractivity contribution in [2.24, 2.45) is 0 Å². The van der Waals surface area contributed by atoms with Gasteiger partial charge in [-0.2, -0.15) is 0 Å². The van der Waals surface area contributed by atoms with Crippen LogP contribution in [0, 0.1) is 0 Å². The van der Waals surface area contributed by atoms with Crippen molar-refractivity contribution < 1.29 is 14.3 Å². The summed E-state index contributed by atoms with van der Waals surface area (Å²) in [4.78, 5) is 25.7. The average molecular weight is 346 g/mol. The Kier molecular flexibility index (Phi) is 7.76. The molecule has 5 heteroatoms. The van der Waals surface area contributed by atoms with Crippen LogP contribution in [0.3, 0.4) is 0 Å². The van der Waals surface area contributed by atoms with Gasteiger partial charge in [0.25, 0.3) is 0 Å². The zero-order valence-corrected chi connectivity index (χ0v) is 15.4. The van der Waals surface area contributed by atoms with E-state index in [0.29, 0.717) is 25.6 Å². The Bertz CT molecular complexity index is 551. The highest BCUT2D eigenvalue weighted by Crippen LogP contribution is 2.17. The van der Waals surface area contributed by atoms with Crippen LogP contribution in [0.2, 0.25) is 0 Å². The molecular formula is C20H30N2O3. The molecule has 1 fully saturated rings. The van der Waals surface area contributed by atoms with Gasteiger partial charge >= 0.3 is 0 Å². The predicted octanol–water partition coefficient (Wildman–Crippen LogP) is 2.93. The average Bonchev–Trinajstić information content (AvgIpc) is 2.62. The van der Waals surface area contributed by atoms with Gasteiger partial charge in [-0.3, -0.25) is 9.59 Å². The predicted molar refractivity (Wildman–Crippen MR) is 98.6 cm³/mol. The monoisotopic (exact) mass is 346 g/mol. The van der Waals surface area contributed by atoms with E-state index in [2.05, 4.69) is 5.32 Å². The van der Waals surface area contributed by atoms with E-state index < -0.39 is 0 Å². The van der Waals surface area contributed by atoms with E-state index in [9.17, 15) is 9.59 Å². The number of methoxy groups -OCH3 is 1. The van der Waals surface area contributed by atoms with Crippen molar-refractivity contribution in [1.82, 2.24) is 10.2 Å². The highest BCUT2D eigenvalue weighted by molar-refractivity contribution is 5.78. The SMILES string of the molecule is COc1ccc(CCN(CCC(=O)NC2CCCCC2)C(C)=O)cc1. The highest BCUT2D eigenvalue weighted by atomic mass is 16.5. The molecule has 0 unspecified atom stereocenters. The second kappa shape index (κ2) is 10.1. The quantitative estimate of drug-likeness (QED) is 0.787. The van der Waals surface area contributed by atoms with Gasteiger partial charge in [-0.05, 0) is 37.0 Å². The second-order valence-electron chi connectivity index (χ2n) is 6.76. The van der Waals surface area contributed by atoms with Gasteiger partial charge in [0.1, 0.15) is 5.75 Å². The lowest BCUT2D eigenvalue weighted by Gasteiger charge is -2.24. The molecule has 1 aromatic carbocycles. The van der Waals surface area contributed by atoms with Crippen LogP contribution in [0.1, 0.15) is 51.0 Å². The number of hydrogen-bond acceptors (Lipinski definition) is 3. The van der Waals surface area contributed by atoms with Crippen LogP contribution in [-0.2, 0) is 16.0 Å². The van der Waals surface area contributed by atoms with E-state index in [1.807, 2.05) is 24.3 Å². The van der Waals surface area contributed by atoms with E-state index in [1.165, 1.54) is 19.3 Å². The van der Waals surface area contributed by atoms with Crippen LogP contribution in [0.25, 0.3) is 0 Å². The second-order valence-corrected chi connectivity index (χ2v) is 6.76. The van der Waals surface area contributed by atoms with Crippen molar-refractivity contribution in [2.75, 3.05) is 20.2 Å². The Balaban J connectivity index is 1.75. The van der Waals surface area contributed by atoms with Crippen LogP contribution in [0.15, 0.2) is 24.3 Å². The fourth-order valence-corrected chi connectivity index (χ4v) is 3.27. The molecule has 0 aliphatic heterocycles. The van der Waals surface area contributed by atoms with Gasteiger partial charge < -0.3 is 15.0 Å². The van der Waals surface area contributed by atoms with Crippen molar-refractivity contribution in [1.29, 1.82) is 0 Å². The first-order chi connectivity index (χ1) is 12.1. The Hall–Kier alpha value is -2.04. The van der Waals surface area contributed by atoms with E-state index in [0.717, 1.165) is 30.6 Å². The lowest BCUT2D eigenvalue weighted by molar-refractivity contribution is -0.129. The molecule has 1 aliphatic rings. The molecule has 0 aromatic heterocycles. The Morgan fingerprint density at radius 2 is 1.80 bits per heavy atom. The van der Waals surface area contributed by atoms with Gasteiger partial charge in [-0.15, -0.1) is 0 Å². The normalized spacial score (nSPS) is 14.8. The minimum absolute atomic E-state index is 0.0129. The van der Waals surface area contributed by atoms with E-state index in [1.54, 1.807) is 18.9 Å².